The Hall–Kier alpha value is 1.48. The van der Waals surface area contributed by atoms with Gasteiger partial charge in [0.05, 0.1) is 0 Å². The predicted molar refractivity (Wildman–Crippen MR) is 14.8 cm³/mol. The molecule has 5 heteroatoms. The molecular formula is O3Sn2. The van der Waals surface area contributed by atoms with E-state index in [2.05, 4.69) is 0 Å². The standard InChI is InChI=1S/3O.2Sn. The molecule has 2 radical (unpaired) electrons. The van der Waals surface area contributed by atoms with Gasteiger partial charge in [-0.15, -0.1) is 0 Å². The van der Waals surface area contributed by atoms with Crippen LogP contribution in [0.15, 0.2) is 0 Å². The van der Waals surface area contributed by atoms with E-state index >= 15 is 0 Å². The Bertz CT molecular complexity index is 41.6. The zero-order chi connectivity index (χ0) is 3.28. The summed E-state index contributed by atoms with van der Waals surface area (Å²) in [4.78, 5) is 0. The van der Waals surface area contributed by atoms with Crippen LogP contribution in [-0.2, 0) is 4.23 Å². The summed E-state index contributed by atoms with van der Waals surface area (Å²) in [6.07, 6.45) is 0. The van der Waals surface area contributed by atoms with Crippen LogP contribution in [0.1, 0.15) is 0 Å². The Morgan fingerprint density at radius 1 is 0.800 bits per heavy atom. The van der Waals surface area contributed by atoms with Crippen LogP contribution >= 0.6 is 0 Å². The molecule has 3 heterocycles. The Balaban J connectivity index is 2.19. The molecule has 3 aliphatic heterocycles. The Morgan fingerprint density at radius 3 is 1.00 bits per heavy atom. The van der Waals surface area contributed by atoms with E-state index in [1.165, 1.54) is 0 Å². The Kier molecular flexibility index (Phi) is 0.695. The van der Waals surface area contributed by atoms with E-state index in [0.717, 1.165) is 0 Å². The topological polar surface area (TPSA) is 27.7 Å². The zero-order valence-corrected chi connectivity index (χ0v) is 7.93. The van der Waals surface area contributed by atoms with E-state index < -0.39 is 42.0 Å². The van der Waals surface area contributed by atoms with Crippen LogP contribution in [0.3, 0.4) is 0 Å². The van der Waals surface area contributed by atoms with Gasteiger partial charge < -0.3 is 0 Å². The van der Waals surface area contributed by atoms with Crippen LogP contribution < -0.4 is 0 Å². The molecule has 0 aliphatic carbocycles. The first-order chi connectivity index (χ1) is 2.45. The third-order valence-electron chi connectivity index (χ3n) is 0.500. The monoisotopic (exact) mass is 288 g/mol. The summed E-state index contributed by atoms with van der Waals surface area (Å²) in [5.41, 5.74) is 0. The van der Waals surface area contributed by atoms with Crippen molar-refractivity contribution >= 4 is 42.0 Å². The average Bonchev–Trinajstić information content (AvgIpc) is 0.592. The summed E-state index contributed by atoms with van der Waals surface area (Å²) in [5.74, 6) is 0. The van der Waals surface area contributed by atoms with Crippen LogP contribution in [0, 0.1) is 0 Å². The van der Waals surface area contributed by atoms with E-state index in [1.54, 1.807) is 0 Å². The van der Waals surface area contributed by atoms with Crippen LogP contribution in [0.5, 0.6) is 0 Å². The van der Waals surface area contributed by atoms with E-state index in [0.29, 0.717) is 0 Å². The van der Waals surface area contributed by atoms with Crippen molar-refractivity contribution in [1.29, 1.82) is 0 Å². The van der Waals surface area contributed by atoms with Crippen LogP contribution in [0.4, 0.5) is 0 Å². The summed E-state index contributed by atoms with van der Waals surface area (Å²) < 4.78 is 14.9. The van der Waals surface area contributed by atoms with Crippen molar-refractivity contribution in [1.82, 2.24) is 0 Å². The maximum absolute atomic E-state index is 4.98. The van der Waals surface area contributed by atoms with E-state index in [-0.39, 0.29) is 0 Å². The van der Waals surface area contributed by atoms with Gasteiger partial charge in [-0.1, -0.05) is 0 Å². The van der Waals surface area contributed by atoms with E-state index in [9.17, 15) is 0 Å². The van der Waals surface area contributed by atoms with Gasteiger partial charge in [-0.3, -0.25) is 0 Å². The van der Waals surface area contributed by atoms with Crippen LogP contribution in [0.2, 0.25) is 0 Å². The van der Waals surface area contributed by atoms with Gasteiger partial charge in [0.25, 0.3) is 0 Å². The molecule has 0 spiro atoms. The van der Waals surface area contributed by atoms with Gasteiger partial charge in [-0.2, -0.15) is 0 Å². The number of rotatable bonds is 0. The molecular weight excluding hydrogens is 285 g/mol. The molecule has 26 valence electrons. The normalized spacial score (nSPS) is 36.0. The Labute approximate surface area is 46.0 Å². The fourth-order valence-electron chi connectivity index (χ4n) is 0.227. The first kappa shape index (κ1) is 3.48. The second-order valence-electron chi connectivity index (χ2n) is 0.806. The molecule has 2 bridgehead atoms. The summed E-state index contributed by atoms with van der Waals surface area (Å²) >= 11 is -3.34. The molecule has 5 heavy (non-hydrogen) atoms. The molecule has 3 rings (SSSR count). The van der Waals surface area contributed by atoms with E-state index in [4.69, 9.17) is 4.23 Å². The minimum atomic E-state index is -1.67. The molecule has 0 aromatic heterocycles. The summed E-state index contributed by atoms with van der Waals surface area (Å²) in [7, 11) is 0. The SMILES string of the molecule is [O]1[Sn]2[O][Sn]1[O]2. The molecule has 0 aromatic carbocycles. The van der Waals surface area contributed by atoms with Crippen LogP contribution in [-0.4, -0.2) is 42.0 Å². The molecule has 0 unspecified atom stereocenters. The summed E-state index contributed by atoms with van der Waals surface area (Å²) in [5, 5.41) is 0. The van der Waals surface area contributed by atoms with Gasteiger partial charge in [0.15, 0.2) is 0 Å². The van der Waals surface area contributed by atoms with Crippen molar-refractivity contribution in [2.75, 3.05) is 0 Å². The van der Waals surface area contributed by atoms with Gasteiger partial charge in [0, 0.05) is 0 Å². The quantitative estimate of drug-likeness (QED) is 0.536. The molecule has 0 amide bonds. The van der Waals surface area contributed by atoms with Gasteiger partial charge >= 0.3 is 46.2 Å². The molecule has 0 atom stereocenters. The van der Waals surface area contributed by atoms with Gasteiger partial charge in [-0.25, -0.2) is 0 Å². The van der Waals surface area contributed by atoms with Crippen LogP contribution in [0.25, 0.3) is 0 Å². The zero-order valence-electron chi connectivity index (χ0n) is 2.22. The van der Waals surface area contributed by atoms with E-state index in [1.807, 2.05) is 0 Å². The summed E-state index contributed by atoms with van der Waals surface area (Å²) in [6, 6.07) is 0. The third kappa shape index (κ3) is 0.365. The van der Waals surface area contributed by atoms with Gasteiger partial charge in [0.2, 0.25) is 0 Å². The van der Waals surface area contributed by atoms with Gasteiger partial charge in [-0.05, 0) is 0 Å². The molecule has 3 fully saturated rings. The minimum absolute atomic E-state index is 1.67. The maximum atomic E-state index is 4.98. The van der Waals surface area contributed by atoms with Crippen molar-refractivity contribution in [3.63, 3.8) is 0 Å². The van der Waals surface area contributed by atoms with Crippen molar-refractivity contribution in [3.05, 3.63) is 0 Å². The third-order valence-corrected chi connectivity index (χ3v) is 22.5. The first-order valence-corrected chi connectivity index (χ1v) is 8.22. The molecule has 3 saturated heterocycles. The fourth-order valence-corrected chi connectivity index (χ4v) is 10.2. The van der Waals surface area contributed by atoms with Gasteiger partial charge in [0.1, 0.15) is 0 Å². The molecule has 0 N–H and O–H groups in total. The molecule has 3 aliphatic rings. The first-order valence-electron chi connectivity index (χ1n) is 1.22. The molecule has 0 aromatic rings. The number of hydrogen-bond donors (Lipinski definition) is 0. The molecule has 0 saturated carbocycles. The Morgan fingerprint density at radius 2 is 1.00 bits per heavy atom. The number of hydrogen-bond acceptors (Lipinski definition) is 3. The second kappa shape index (κ2) is 1.00. The average molecular weight is 285 g/mol. The van der Waals surface area contributed by atoms with Crippen molar-refractivity contribution in [2.24, 2.45) is 0 Å². The van der Waals surface area contributed by atoms with Crippen molar-refractivity contribution in [2.45, 2.75) is 0 Å². The second-order valence-corrected chi connectivity index (χ2v) is 17.1. The van der Waals surface area contributed by atoms with Crippen molar-refractivity contribution in [3.8, 4) is 0 Å². The van der Waals surface area contributed by atoms with Crippen molar-refractivity contribution < 1.29 is 4.23 Å². The predicted octanol–water partition coefficient (Wildman–Crippen LogP) is -0.967. The summed E-state index contributed by atoms with van der Waals surface area (Å²) in [6.45, 7) is 0. The fraction of sp³-hybridized carbons (Fsp3) is 0. The molecule has 3 nitrogen and oxygen atoms in total.